The van der Waals surface area contributed by atoms with E-state index in [1.54, 1.807) is 7.11 Å². The van der Waals surface area contributed by atoms with Crippen LogP contribution in [0.25, 0.3) is 0 Å². The number of ether oxygens (including phenoxy) is 1. The second-order valence-electron chi connectivity index (χ2n) is 3.80. The summed E-state index contributed by atoms with van der Waals surface area (Å²) < 4.78 is 5.06. The molecule has 88 valence electrons. The van der Waals surface area contributed by atoms with Gasteiger partial charge in [0.25, 0.3) is 0 Å². The minimum atomic E-state index is 0.623. The molecule has 15 heavy (non-hydrogen) atoms. The standard InChI is InChI=1S/C12H24N2O/c1-3-4-5-6-9-14(10-7-8-13)11-12-15-2/h3-7,9-12H2,1-2H3. The summed E-state index contributed by atoms with van der Waals surface area (Å²) in [5.41, 5.74) is 0. The van der Waals surface area contributed by atoms with Gasteiger partial charge < -0.3 is 9.64 Å². The second kappa shape index (κ2) is 11.5. The van der Waals surface area contributed by atoms with Crippen molar-refractivity contribution in [2.24, 2.45) is 0 Å². The topological polar surface area (TPSA) is 36.3 Å². The molecule has 0 saturated heterocycles. The highest BCUT2D eigenvalue weighted by molar-refractivity contribution is 4.72. The van der Waals surface area contributed by atoms with Crippen molar-refractivity contribution in [3.8, 4) is 6.07 Å². The van der Waals surface area contributed by atoms with Crippen molar-refractivity contribution in [2.45, 2.75) is 39.0 Å². The first-order valence-electron chi connectivity index (χ1n) is 5.93. The van der Waals surface area contributed by atoms with Crippen molar-refractivity contribution < 1.29 is 4.74 Å². The van der Waals surface area contributed by atoms with Gasteiger partial charge in [-0.1, -0.05) is 26.2 Å². The Balaban J connectivity index is 3.55. The Hall–Kier alpha value is -0.590. The summed E-state index contributed by atoms with van der Waals surface area (Å²) in [6.45, 7) is 5.92. The third-order valence-electron chi connectivity index (χ3n) is 2.48. The molecular formula is C12H24N2O. The average Bonchev–Trinajstić information content (AvgIpc) is 2.27. The molecule has 0 bridgehead atoms. The molecular weight excluding hydrogens is 188 g/mol. The van der Waals surface area contributed by atoms with Crippen LogP contribution in [0.1, 0.15) is 39.0 Å². The minimum Gasteiger partial charge on any atom is -0.383 e. The lowest BCUT2D eigenvalue weighted by Crippen LogP contribution is -2.29. The van der Waals surface area contributed by atoms with Crippen molar-refractivity contribution in [2.75, 3.05) is 33.4 Å². The fourth-order valence-corrected chi connectivity index (χ4v) is 1.53. The summed E-state index contributed by atoms with van der Waals surface area (Å²) in [4.78, 5) is 2.32. The van der Waals surface area contributed by atoms with E-state index in [0.717, 1.165) is 26.2 Å². The van der Waals surface area contributed by atoms with Gasteiger partial charge >= 0.3 is 0 Å². The quantitative estimate of drug-likeness (QED) is 0.522. The zero-order valence-corrected chi connectivity index (χ0v) is 10.2. The molecule has 0 fully saturated rings. The number of nitrogens with zero attached hydrogens (tertiary/aromatic N) is 2. The van der Waals surface area contributed by atoms with E-state index in [1.807, 2.05) is 0 Å². The maximum absolute atomic E-state index is 8.54. The molecule has 3 heteroatoms. The SMILES string of the molecule is CCCCCCN(CCC#N)CCOC. The van der Waals surface area contributed by atoms with Gasteiger partial charge in [-0.25, -0.2) is 0 Å². The summed E-state index contributed by atoms with van der Waals surface area (Å²) in [6, 6.07) is 2.19. The lowest BCUT2D eigenvalue weighted by atomic mass is 10.2. The zero-order chi connectivity index (χ0) is 11.4. The summed E-state index contributed by atoms with van der Waals surface area (Å²) >= 11 is 0. The molecule has 0 amide bonds. The Bertz CT molecular complexity index is 165. The van der Waals surface area contributed by atoms with Crippen LogP contribution in [-0.2, 0) is 4.74 Å². The third kappa shape index (κ3) is 9.71. The largest absolute Gasteiger partial charge is 0.383 e. The monoisotopic (exact) mass is 212 g/mol. The molecule has 0 atom stereocenters. The average molecular weight is 212 g/mol. The third-order valence-corrected chi connectivity index (χ3v) is 2.48. The fourth-order valence-electron chi connectivity index (χ4n) is 1.53. The van der Waals surface area contributed by atoms with Crippen LogP contribution in [0, 0.1) is 11.3 Å². The Morgan fingerprint density at radius 3 is 2.53 bits per heavy atom. The highest BCUT2D eigenvalue weighted by Gasteiger charge is 2.03. The molecule has 0 aliphatic carbocycles. The van der Waals surface area contributed by atoms with E-state index in [4.69, 9.17) is 10.00 Å². The van der Waals surface area contributed by atoms with Crippen molar-refractivity contribution in [3.63, 3.8) is 0 Å². The number of rotatable bonds is 10. The van der Waals surface area contributed by atoms with Gasteiger partial charge in [-0.05, 0) is 13.0 Å². The first kappa shape index (κ1) is 14.4. The molecule has 0 spiro atoms. The molecule has 0 aromatic rings. The molecule has 0 aliphatic rings. The van der Waals surface area contributed by atoms with Gasteiger partial charge in [0.2, 0.25) is 0 Å². The minimum absolute atomic E-state index is 0.623. The van der Waals surface area contributed by atoms with Crippen LogP contribution in [0.15, 0.2) is 0 Å². The maximum Gasteiger partial charge on any atom is 0.0635 e. The molecule has 0 radical (unpaired) electrons. The molecule has 0 unspecified atom stereocenters. The normalized spacial score (nSPS) is 10.5. The summed E-state index contributed by atoms with van der Waals surface area (Å²) in [5, 5.41) is 8.54. The summed E-state index contributed by atoms with van der Waals surface area (Å²) in [5.74, 6) is 0. The van der Waals surface area contributed by atoms with Crippen LogP contribution >= 0.6 is 0 Å². The molecule has 0 rings (SSSR count). The molecule has 3 nitrogen and oxygen atoms in total. The van der Waals surface area contributed by atoms with Gasteiger partial charge in [0, 0.05) is 26.6 Å². The van der Waals surface area contributed by atoms with Gasteiger partial charge in [0.1, 0.15) is 0 Å². The van der Waals surface area contributed by atoms with Gasteiger partial charge in [-0.2, -0.15) is 5.26 Å². The van der Waals surface area contributed by atoms with Crippen LogP contribution in [0.2, 0.25) is 0 Å². The Labute approximate surface area is 94.0 Å². The molecule has 0 aliphatic heterocycles. The Kier molecular flexibility index (Phi) is 11.0. The van der Waals surface area contributed by atoms with E-state index in [1.165, 1.54) is 25.7 Å². The van der Waals surface area contributed by atoms with E-state index >= 15 is 0 Å². The first-order valence-corrected chi connectivity index (χ1v) is 5.93. The highest BCUT2D eigenvalue weighted by atomic mass is 16.5. The van der Waals surface area contributed by atoms with Gasteiger partial charge in [-0.15, -0.1) is 0 Å². The van der Waals surface area contributed by atoms with Crippen LogP contribution in [0.3, 0.4) is 0 Å². The number of hydrogen-bond donors (Lipinski definition) is 0. The van der Waals surface area contributed by atoms with E-state index in [2.05, 4.69) is 17.9 Å². The van der Waals surface area contributed by atoms with Crippen LogP contribution < -0.4 is 0 Å². The van der Waals surface area contributed by atoms with Crippen LogP contribution in [0.4, 0.5) is 0 Å². The van der Waals surface area contributed by atoms with Gasteiger partial charge in [0.15, 0.2) is 0 Å². The molecule has 0 heterocycles. The van der Waals surface area contributed by atoms with E-state index in [0.29, 0.717) is 6.42 Å². The molecule has 0 N–H and O–H groups in total. The lowest BCUT2D eigenvalue weighted by molar-refractivity contribution is 0.147. The smallest absolute Gasteiger partial charge is 0.0635 e. The highest BCUT2D eigenvalue weighted by Crippen LogP contribution is 2.02. The van der Waals surface area contributed by atoms with Crippen molar-refractivity contribution in [1.82, 2.24) is 4.90 Å². The summed E-state index contributed by atoms with van der Waals surface area (Å²) in [6.07, 6.45) is 5.75. The second-order valence-corrected chi connectivity index (χ2v) is 3.80. The van der Waals surface area contributed by atoms with Crippen molar-refractivity contribution in [3.05, 3.63) is 0 Å². The predicted octanol–water partition coefficient (Wildman–Crippen LogP) is 2.43. The Morgan fingerprint density at radius 2 is 1.93 bits per heavy atom. The van der Waals surface area contributed by atoms with Gasteiger partial charge in [0.05, 0.1) is 12.7 Å². The van der Waals surface area contributed by atoms with Crippen molar-refractivity contribution >= 4 is 0 Å². The van der Waals surface area contributed by atoms with Crippen LogP contribution in [-0.4, -0.2) is 38.3 Å². The van der Waals surface area contributed by atoms with Crippen molar-refractivity contribution in [1.29, 1.82) is 5.26 Å². The number of methoxy groups -OCH3 is 1. The summed E-state index contributed by atoms with van der Waals surface area (Å²) in [7, 11) is 1.72. The Morgan fingerprint density at radius 1 is 1.13 bits per heavy atom. The molecule has 0 aromatic carbocycles. The van der Waals surface area contributed by atoms with Crippen LogP contribution in [0.5, 0.6) is 0 Å². The molecule has 0 aromatic heterocycles. The number of hydrogen-bond acceptors (Lipinski definition) is 3. The van der Waals surface area contributed by atoms with E-state index in [-0.39, 0.29) is 0 Å². The number of nitriles is 1. The van der Waals surface area contributed by atoms with E-state index in [9.17, 15) is 0 Å². The fraction of sp³-hybridized carbons (Fsp3) is 0.917. The maximum atomic E-state index is 8.54. The van der Waals surface area contributed by atoms with E-state index < -0.39 is 0 Å². The molecule has 0 saturated carbocycles. The van der Waals surface area contributed by atoms with Gasteiger partial charge in [-0.3, -0.25) is 0 Å². The number of unbranched alkanes of at least 4 members (excludes halogenated alkanes) is 3. The predicted molar refractivity (Wildman–Crippen MR) is 62.7 cm³/mol. The zero-order valence-electron chi connectivity index (χ0n) is 10.2. The lowest BCUT2D eigenvalue weighted by Gasteiger charge is -2.20. The first-order chi connectivity index (χ1) is 7.35.